The molecule has 1 aromatic heterocycles. The van der Waals surface area contributed by atoms with Crippen LogP contribution in [0.3, 0.4) is 0 Å². The van der Waals surface area contributed by atoms with Crippen molar-refractivity contribution < 1.29 is 8.78 Å². The van der Waals surface area contributed by atoms with Gasteiger partial charge in [0.15, 0.2) is 0 Å². The molecule has 1 aromatic carbocycles. The topological polar surface area (TPSA) is 34.9 Å². The monoisotopic (exact) mass is 236 g/mol. The summed E-state index contributed by atoms with van der Waals surface area (Å²) in [7, 11) is 0. The fourth-order valence-corrected chi connectivity index (χ4v) is 1.73. The molecular weight excluding hydrogens is 226 g/mol. The van der Waals surface area contributed by atoms with Crippen LogP contribution in [0, 0.1) is 25.5 Å². The molecule has 0 amide bonds. The average Bonchev–Trinajstić information content (AvgIpc) is 2.13. The molecule has 0 bridgehead atoms. The molecule has 0 saturated carbocycles. The van der Waals surface area contributed by atoms with E-state index in [0.29, 0.717) is 11.4 Å². The SMILES string of the molecule is Cc1cc(C)n(-c2cc(F)cc(F)c2)c(=O)n1. The highest BCUT2D eigenvalue weighted by atomic mass is 19.1. The zero-order valence-electron chi connectivity index (χ0n) is 9.37. The zero-order chi connectivity index (χ0) is 12.6. The van der Waals surface area contributed by atoms with Crippen LogP contribution in [0.25, 0.3) is 5.69 Å². The van der Waals surface area contributed by atoms with Crippen LogP contribution in [0.2, 0.25) is 0 Å². The number of rotatable bonds is 1. The highest BCUT2D eigenvalue weighted by Crippen LogP contribution is 2.13. The zero-order valence-corrected chi connectivity index (χ0v) is 9.37. The summed E-state index contributed by atoms with van der Waals surface area (Å²) in [5, 5.41) is 0. The van der Waals surface area contributed by atoms with Crippen LogP contribution in [-0.2, 0) is 0 Å². The molecule has 0 atom stereocenters. The van der Waals surface area contributed by atoms with Crippen LogP contribution in [0.5, 0.6) is 0 Å². The average molecular weight is 236 g/mol. The van der Waals surface area contributed by atoms with Gasteiger partial charge in [0, 0.05) is 17.5 Å². The van der Waals surface area contributed by atoms with Crippen molar-refractivity contribution in [3.8, 4) is 5.69 Å². The van der Waals surface area contributed by atoms with Crippen LogP contribution in [-0.4, -0.2) is 9.55 Å². The van der Waals surface area contributed by atoms with Gasteiger partial charge in [0.05, 0.1) is 5.69 Å². The Bertz CT molecular complexity index is 615. The van der Waals surface area contributed by atoms with Crippen LogP contribution in [0.1, 0.15) is 11.4 Å². The molecule has 0 N–H and O–H groups in total. The molecule has 0 unspecified atom stereocenters. The normalized spacial score (nSPS) is 10.6. The van der Waals surface area contributed by atoms with Crippen LogP contribution in [0.15, 0.2) is 29.1 Å². The minimum atomic E-state index is -0.730. The van der Waals surface area contributed by atoms with E-state index in [-0.39, 0.29) is 5.69 Å². The number of aryl methyl sites for hydroxylation is 2. The maximum Gasteiger partial charge on any atom is 0.352 e. The third-order valence-corrected chi connectivity index (χ3v) is 2.34. The number of hydrogen-bond acceptors (Lipinski definition) is 2. The number of nitrogens with zero attached hydrogens (tertiary/aromatic N) is 2. The van der Waals surface area contributed by atoms with Gasteiger partial charge >= 0.3 is 5.69 Å². The highest BCUT2D eigenvalue weighted by molar-refractivity contribution is 5.34. The molecule has 0 aliphatic heterocycles. The van der Waals surface area contributed by atoms with Crippen molar-refractivity contribution in [1.82, 2.24) is 9.55 Å². The smallest absolute Gasteiger partial charge is 0.265 e. The molecule has 5 heteroatoms. The van der Waals surface area contributed by atoms with Gasteiger partial charge < -0.3 is 0 Å². The Morgan fingerprint density at radius 3 is 2.18 bits per heavy atom. The Labute approximate surface area is 96.4 Å². The molecular formula is C12H10F2N2O. The fraction of sp³-hybridized carbons (Fsp3) is 0.167. The van der Waals surface area contributed by atoms with Gasteiger partial charge in [-0.05, 0) is 32.0 Å². The first-order valence-electron chi connectivity index (χ1n) is 5.01. The van der Waals surface area contributed by atoms with Gasteiger partial charge in [-0.2, -0.15) is 4.98 Å². The molecule has 0 fully saturated rings. The van der Waals surface area contributed by atoms with Crippen molar-refractivity contribution in [2.24, 2.45) is 0 Å². The molecule has 0 aliphatic rings. The standard InChI is InChI=1S/C12H10F2N2O/c1-7-3-8(2)16(12(17)15-7)11-5-9(13)4-10(14)6-11/h3-6H,1-2H3. The van der Waals surface area contributed by atoms with Crippen molar-refractivity contribution in [2.75, 3.05) is 0 Å². The lowest BCUT2D eigenvalue weighted by molar-refractivity contribution is 0.580. The van der Waals surface area contributed by atoms with Crippen molar-refractivity contribution in [1.29, 1.82) is 0 Å². The predicted molar refractivity (Wildman–Crippen MR) is 59.2 cm³/mol. The summed E-state index contributed by atoms with van der Waals surface area (Å²) < 4.78 is 27.3. The van der Waals surface area contributed by atoms with E-state index in [4.69, 9.17) is 0 Å². The first-order chi connectivity index (χ1) is 7.97. The van der Waals surface area contributed by atoms with Crippen LogP contribution < -0.4 is 5.69 Å². The summed E-state index contributed by atoms with van der Waals surface area (Å²) in [4.78, 5) is 15.4. The van der Waals surface area contributed by atoms with Crippen molar-refractivity contribution in [3.63, 3.8) is 0 Å². The van der Waals surface area contributed by atoms with E-state index < -0.39 is 17.3 Å². The lowest BCUT2D eigenvalue weighted by Gasteiger charge is -2.09. The Morgan fingerprint density at radius 1 is 1.06 bits per heavy atom. The number of halogens is 2. The summed E-state index contributed by atoms with van der Waals surface area (Å²) in [5.74, 6) is -1.46. The molecule has 0 saturated heterocycles. The van der Waals surface area contributed by atoms with E-state index in [1.54, 1.807) is 19.9 Å². The molecule has 17 heavy (non-hydrogen) atoms. The van der Waals surface area contributed by atoms with Gasteiger partial charge in [-0.3, -0.25) is 4.57 Å². The molecule has 2 aromatic rings. The lowest BCUT2D eigenvalue weighted by atomic mass is 10.2. The minimum Gasteiger partial charge on any atom is -0.265 e. The lowest BCUT2D eigenvalue weighted by Crippen LogP contribution is -2.24. The second-order valence-corrected chi connectivity index (χ2v) is 3.78. The van der Waals surface area contributed by atoms with E-state index in [1.807, 2.05) is 0 Å². The second-order valence-electron chi connectivity index (χ2n) is 3.78. The third kappa shape index (κ3) is 2.22. The number of benzene rings is 1. The van der Waals surface area contributed by atoms with Crippen LogP contribution in [0.4, 0.5) is 8.78 Å². The largest absolute Gasteiger partial charge is 0.352 e. The molecule has 88 valence electrons. The van der Waals surface area contributed by atoms with Crippen molar-refractivity contribution >= 4 is 0 Å². The first kappa shape index (κ1) is 11.4. The molecule has 3 nitrogen and oxygen atoms in total. The van der Waals surface area contributed by atoms with Gasteiger partial charge in [-0.25, -0.2) is 13.6 Å². The van der Waals surface area contributed by atoms with Crippen molar-refractivity contribution in [2.45, 2.75) is 13.8 Å². The van der Waals surface area contributed by atoms with Gasteiger partial charge in [-0.1, -0.05) is 0 Å². The summed E-state index contributed by atoms with van der Waals surface area (Å²) in [5.41, 5.74) is 0.734. The first-order valence-corrected chi connectivity index (χ1v) is 5.01. The van der Waals surface area contributed by atoms with Crippen LogP contribution >= 0.6 is 0 Å². The van der Waals surface area contributed by atoms with Gasteiger partial charge in [0.25, 0.3) is 0 Å². The Hall–Kier alpha value is -2.04. The van der Waals surface area contributed by atoms with Crippen molar-refractivity contribution in [3.05, 3.63) is 57.8 Å². The number of aromatic nitrogens is 2. The summed E-state index contributed by atoms with van der Waals surface area (Å²) in [6.07, 6.45) is 0. The van der Waals surface area contributed by atoms with Gasteiger partial charge in [-0.15, -0.1) is 0 Å². The molecule has 0 aliphatic carbocycles. The summed E-state index contributed by atoms with van der Waals surface area (Å²) >= 11 is 0. The second kappa shape index (κ2) is 4.08. The predicted octanol–water partition coefficient (Wildman–Crippen LogP) is 2.13. The van der Waals surface area contributed by atoms with Gasteiger partial charge in [0.1, 0.15) is 11.6 Å². The third-order valence-electron chi connectivity index (χ3n) is 2.34. The maximum atomic E-state index is 13.1. The summed E-state index contributed by atoms with van der Waals surface area (Å²) in [6.45, 7) is 3.36. The van der Waals surface area contributed by atoms with E-state index in [2.05, 4.69) is 4.98 Å². The highest BCUT2D eigenvalue weighted by Gasteiger charge is 2.08. The number of hydrogen-bond donors (Lipinski definition) is 0. The van der Waals surface area contributed by atoms with E-state index >= 15 is 0 Å². The molecule has 0 radical (unpaired) electrons. The molecule has 0 spiro atoms. The fourth-order valence-electron chi connectivity index (χ4n) is 1.73. The Kier molecular flexibility index (Phi) is 2.75. The quantitative estimate of drug-likeness (QED) is 0.760. The minimum absolute atomic E-state index is 0.137. The van der Waals surface area contributed by atoms with Gasteiger partial charge in [0.2, 0.25) is 0 Å². The van der Waals surface area contributed by atoms with E-state index in [9.17, 15) is 13.6 Å². The van der Waals surface area contributed by atoms with E-state index in [1.165, 1.54) is 4.57 Å². The maximum absolute atomic E-state index is 13.1. The Morgan fingerprint density at radius 2 is 1.65 bits per heavy atom. The molecule has 2 rings (SSSR count). The summed E-state index contributed by atoms with van der Waals surface area (Å²) in [6, 6.07) is 4.61. The van der Waals surface area contributed by atoms with E-state index in [0.717, 1.165) is 18.2 Å². The Balaban J connectivity index is 2.72. The molecule has 1 heterocycles.